The second-order valence-electron chi connectivity index (χ2n) is 3.64. The van der Waals surface area contributed by atoms with Gasteiger partial charge in [-0.05, 0) is 12.5 Å². The molecule has 5 nitrogen and oxygen atoms in total. The van der Waals surface area contributed by atoms with Gasteiger partial charge in [0, 0.05) is 6.20 Å². The Hall–Kier alpha value is -2.30. The minimum Gasteiger partial charge on any atom is -0.480 e. The van der Waals surface area contributed by atoms with Crippen molar-refractivity contribution in [3.8, 4) is 0 Å². The third-order valence-electron chi connectivity index (χ3n) is 2.39. The Kier molecular flexibility index (Phi) is 4.92. The monoisotopic (exact) mass is 249 g/mol. The number of nitrogens with zero attached hydrogens (tertiary/aromatic N) is 1. The first kappa shape index (κ1) is 13.8. The summed E-state index contributed by atoms with van der Waals surface area (Å²) < 4.78 is 5.00. The summed E-state index contributed by atoms with van der Waals surface area (Å²) in [5, 5.41) is 8.82. The molecule has 0 unspecified atom stereocenters. The molecule has 1 amide bonds. The maximum atomic E-state index is 11.7. The summed E-state index contributed by atoms with van der Waals surface area (Å²) in [7, 11) is 0. The van der Waals surface area contributed by atoms with Gasteiger partial charge in [0.25, 0.3) is 0 Å². The lowest BCUT2D eigenvalue weighted by Gasteiger charge is -2.21. The van der Waals surface area contributed by atoms with Crippen molar-refractivity contribution < 1.29 is 19.4 Å². The molecule has 0 aliphatic heterocycles. The summed E-state index contributed by atoms with van der Waals surface area (Å²) >= 11 is 0. The first-order chi connectivity index (χ1) is 8.56. The second-order valence-corrected chi connectivity index (χ2v) is 3.64. The number of amides is 1. The largest absolute Gasteiger partial charge is 0.480 e. The molecule has 1 rings (SSSR count). The van der Waals surface area contributed by atoms with Crippen LogP contribution in [-0.2, 0) is 16.1 Å². The van der Waals surface area contributed by atoms with Gasteiger partial charge in [-0.15, -0.1) is 0 Å². The first-order valence-corrected chi connectivity index (χ1v) is 5.40. The van der Waals surface area contributed by atoms with E-state index in [-0.39, 0.29) is 6.61 Å². The molecule has 0 aliphatic carbocycles. The summed E-state index contributed by atoms with van der Waals surface area (Å²) in [5.74, 6) is -1.12. The highest BCUT2D eigenvalue weighted by Crippen LogP contribution is 2.06. The van der Waals surface area contributed by atoms with Crippen LogP contribution < -0.4 is 0 Å². The Morgan fingerprint density at radius 1 is 1.44 bits per heavy atom. The molecule has 5 heteroatoms. The van der Waals surface area contributed by atoms with Gasteiger partial charge in [-0.1, -0.05) is 36.9 Å². The number of aliphatic carboxylic acids is 1. The van der Waals surface area contributed by atoms with E-state index in [1.54, 1.807) is 0 Å². The van der Waals surface area contributed by atoms with Crippen LogP contribution in [0.15, 0.2) is 43.1 Å². The molecule has 0 saturated heterocycles. The number of benzene rings is 1. The Labute approximate surface area is 105 Å². The van der Waals surface area contributed by atoms with E-state index in [0.717, 1.165) is 16.7 Å². The third kappa shape index (κ3) is 3.62. The standard InChI is InChI=1S/C13H15NO4/c1-3-14(10(2)12(15)16)13(17)18-9-11-7-5-4-6-8-11/h3-8,10H,1,9H2,2H3,(H,15,16)/t10-/m0/s1. The van der Waals surface area contributed by atoms with Crippen LogP contribution in [-0.4, -0.2) is 28.1 Å². The topological polar surface area (TPSA) is 66.8 Å². The van der Waals surface area contributed by atoms with E-state index >= 15 is 0 Å². The Bertz CT molecular complexity index is 430. The van der Waals surface area contributed by atoms with Crippen LogP contribution >= 0.6 is 0 Å². The summed E-state index contributed by atoms with van der Waals surface area (Å²) in [6.45, 7) is 4.88. The smallest absolute Gasteiger partial charge is 0.414 e. The molecule has 1 aromatic rings. The molecule has 0 bridgehead atoms. The normalized spacial score (nSPS) is 11.4. The number of hydrogen-bond acceptors (Lipinski definition) is 3. The molecule has 0 spiro atoms. The molecule has 0 saturated carbocycles. The van der Waals surface area contributed by atoms with Gasteiger partial charge in [0.2, 0.25) is 0 Å². The number of rotatable bonds is 5. The van der Waals surface area contributed by atoms with Gasteiger partial charge in [-0.25, -0.2) is 9.59 Å². The minimum atomic E-state index is -1.12. The minimum absolute atomic E-state index is 0.0936. The number of carboxylic acid groups (broad SMARTS) is 1. The molecule has 18 heavy (non-hydrogen) atoms. The van der Waals surface area contributed by atoms with Crippen molar-refractivity contribution >= 4 is 12.1 Å². The number of ether oxygens (including phenoxy) is 1. The molecule has 96 valence electrons. The maximum absolute atomic E-state index is 11.7. The molecular formula is C13H15NO4. The lowest BCUT2D eigenvalue weighted by atomic mass is 10.2. The highest BCUT2D eigenvalue weighted by Gasteiger charge is 2.24. The summed E-state index contributed by atoms with van der Waals surface area (Å²) in [6, 6.07) is 8.13. The average molecular weight is 249 g/mol. The fourth-order valence-corrected chi connectivity index (χ4v) is 1.30. The lowest BCUT2D eigenvalue weighted by molar-refractivity contribution is -0.141. The Morgan fingerprint density at radius 2 is 2.06 bits per heavy atom. The van der Waals surface area contributed by atoms with E-state index in [1.165, 1.54) is 6.92 Å². The van der Waals surface area contributed by atoms with Crippen molar-refractivity contribution in [2.24, 2.45) is 0 Å². The molecule has 0 aliphatic rings. The van der Waals surface area contributed by atoms with E-state index in [0.29, 0.717) is 0 Å². The fraction of sp³-hybridized carbons (Fsp3) is 0.231. The molecule has 0 heterocycles. The van der Waals surface area contributed by atoms with Crippen LogP contribution in [0.1, 0.15) is 12.5 Å². The molecule has 1 atom stereocenters. The predicted octanol–water partition coefficient (Wildman–Crippen LogP) is 2.24. The van der Waals surface area contributed by atoms with E-state index in [4.69, 9.17) is 9.84 Å². The van der Waals surface area contributed by atoms with E-state index in [1.807, 2.05) is 30.3 Å². The summed E-state index contributed by atoms with van der Waals surface area (Å²) in [6.07, 6.45) is 0.412. The van der Waals surface area contributed by atoms with Crippen molar-refractivity contribution in [1.82, 2.24) is 4.90 Å². The quantitative estimate of drug-likeness (QED) is 0.869. The molecule has 1 aromatic carbocycles. The summed E-state index contributed by atoms with van der Waals surface area (Å²) in [5.41, 5.74) is 0.831. The lowest BCUT2D eigenvalue weighted by Crippen LogP contribution is -2.39. The van der Waals surface area contributed by atoms with Crippen LogP contribution in [0.25, 0.3) is 0 Å². The van der Waals surface area contributed by atoms with Gasteiger partial charge in [0.15, 0.2) is 0 Å². The van der Waals surface area contributed by atoms with Gasteiger partial charge < -0.3 is 9.84 Å². The molecular weight excluding hydrogens is 234 g/mol. The summed E-state index contributed by atoms with van der Waals surface area (Å²) in [4.78, 5) is 23.4. The van der Waals surface area contributed by atoms with Crippen LogP contribution in [0.3, 0.4) is 0 Å². The molecule has 0 radical (unpaired) electrons. The van der Waals surface area contributed by atoms with Gasteiger partial charge in [-0.3, -0.25) is 4.90 Å². The van der Waals surface area contributed by atoms with Crippen molar-refractivity contribution in [1.29, 1.82) is 0 Å². The van der Waals surface area contributed by atoms with Crippen molar-refractivity contribution in [3.63, 3.8) is 0 Å². The van der Waals surface area contributed by atoms with Gasteiger partial charge in [0.1, 0.15) is 12.6 Å². The van der Waals surface area contributed by atoms with Gasteiger partial charge in [-0.2, -0.15) is 0 Å². The highest BCUT2D eigenvalue weighted by molar-refractivity contribution is 5.80. The fourth-order valence-electron chi connectivity index (χ4n) is 1.30. The first-order valence-electron chi connectivity index (χ1n) is 5.40. The van der Waals surface area contributed by atoms with E-state index in [2.05, 4.69) is 6.58 Å². The van der Waals surface area contributed by atoms with Crippen LogP contribution in [0.2, 0.25) is 0 Å². The van der Waals surface area contributed by atoms with Crippen molar-refractivity contribution in [2.45, 2.75) is 19.6 Å². The molecule has 1 N–H and O–H groups in total. The van der Waals surface area contributed by atoms with Crippen LogP contribution in [0.5, 0.6) is 0 Å². The Morgan fingerprint density at radius 3 is 2.56 bits per heavy atom. The van der Waals surface area contributed by atoms with Crippen molar-refractivity contribution in [2.75, 3.05) is 0 Å². The Balaban J connectivity index is 2.58. The highest BCUT2D eigenvalue weighted by atomic mass is 16.6. The van der Waals surface area contributed by atoms with Crippen LogP contribution in [0.4, 0.5) is 4.79 Å². The van der Waals surface area contributed by atoms with E-state index < -0.39 is 18.1 Å². The van der Waals surface area contributed by atoms with Gasteiger partial charge >= 0.3 is 12.1 Å². The van der Waals surface area contributed by atoms with Crippen LogP contribution in [0, 0.1) is 0 Å². The maximum Gasteiger partial charge on any atom is 0.414 e. The average Bonchev–Trinajstić information content (AvgIpc) is 2.38. The zero-order chi connectivity index (χ0) is 13.5. The number of carboxylic acids is 1. The zero-order valence-electron chi connectivity index (χ0n) is 10.1. The molecule has 0 fully saturated rings. The van der Waals surface area contributed by atoms with Crippen molar-refractivity contribution in [3.05, 3.63) is 48.7 Å². The van der Waals surface area contributed by atoms with E-state index in [9.17, 15) is 9.59 Å². The number of carbonyl (C=O) groups is 2. The second kappa shape index (κ2) is 6.44. The number of carbonyl (C=O) groups excluding carboxylic acids is 1. The molecule has 0 aromatic heterocycles. The number of hydrogen-bond donors (Lipinski definition) is 1. The SMILES string of the molecule is C=CN(C(=O)OCc1ccccc1)[C@@H](C)C(=O)O. The predicted molar refractivity (Wildman–Crippen MR) is 65.8 cm³/mol. The third-order valence-corrected chi connectivity index (χ3v) is 2.39. The zero-order valence-corrected chi connectivity index (χ0v) is 10.1. The van der Waals surface area contributed by atoms with Gasteiger partial charge in [0.05, 0.1) is 0 Å².